The number of carbonyl (C=O) groups excluding carboxylic acids is 3. The Morgan fingerprint density at radius 1 is 1.21 bits per heavy atom. The molecule has 8 heteroatoms. The standard InChI is InChI=1S/C21H25N3O5/c1-13-7-9-23(10-8-13)17(25)11-24-16-12-29-20(26)18(16)19(22-21(24)27)14-3-5-15(28-2)6-4-14/h3-6,13,19H,7-12H2,1-2H3,(H,22,27)/t19-/m0/s1. The zero-order valence-corrected chi connectivity index (χ0v) is 16.6. The number of hydrogen-bond donors (Lipinski definition) is 1. The molecule has 1 aromatic rings. The molecule has 1 saturated heterocycles. The summed E-state index contributed by atoms with van der Waals surface area (Å²) in [4.78, 5) is 41.1. The molecule has 154 valence electrons. The first-order valence-electron chi connectivity index (χ1n) is 9.88. The summed E-state index contributed by atoms with van der Waals surface area (Å²) in [7, 11) is 1.57. The second-order valence-corrected chi connectivity index (χ2v) is 7.74. The largest absolute Gasteiger partial charge is 0.497 e. The smallest absolute Gasteiger partial charge is 0.338 e. The summed E-state index contributed by atoms with van der Waals surface area (Å²) >= 11 is 0. The molecule has 1 N–H and O–H groups in total. The van der Waals surface area contributed by atoms with Gasteiger partial charge in [0, 0.05) is 13.1 Å². The van der Waals surface area contributed by atoms with E-state index in [1.165, 1.54) is 4.90 Å². The molecule has 3 heterocycles. The number of ether oxygens (including phenoxy) is 2. The Morgan fingerprint density at radius 3 is 2.55 bits per heavy atom. The Labute approximate surface area is 169 Å². The van der Waals surface area contributed by atoms with Gasteiger partial charge in [0.25, 0.3) is 0 Å². The van der Waals surface area contributed by atoms with Crippen molar-refractivity contribution in [2.75, 3.05) is 33.4 Å². The van der Waals surface area contributed by atoms with Crippen LogP contribution in [-0.2, 0) is 14.3 Å². The lowest BCUT2D eigenvalue weighted by Crippen LogP contribution is -2.51. The molecule has 3 aliphatic heterocycles. The number of nitrogens with one attached hydrogen (secondary N) is 1. The van der Waals surface area contributed by atoms with Crippen molar-refractivity contribution in [3.05, 3.63) is 41.1 Å². The quantitative estimate of drug-likeness (QED) is 0.781. The van der Waals surface area contributed by atoms with Gasteiger partial charge in [0.1, 0.15) is 18.9 Å². The van der Waals surface area contributed by atoms with Gasteiger partial charge in [-0.25, -0.2) is 9.59 Å². The minimum Gasteiger partial charge on any atom is -0.497 e. The van der Waals surface area contributed by atoms with Crippen molar-refractivity contribution in [3.8, 4) is 5.75 Å². The molecule has 1 aromatic carbocycles. The molecular formula is C21H25N3O5. The highest BCUT2D eigenvalue weighted by Gasteiger charge is 2.43. The van der Waals surface area contributed by atoms with Gasteiger partial charge in [-0.15, -0.1) is 0 Å². The van der Waals surface area contributed by atoms with Crippen LogP contribution in [0.3, 0.4) is 0 Å². The third kappa shape index (κ3) is 3.66. The van der Waals surface area contributed by atoms with Crippen LogP contribution < -0.4 is 10.1 Å². The molecule has 1 fully saturated rings. The Bertz CT molecular complexity index is 856. The van der Waals surface area contributed by atoms with E-state index in [0.717, 1.165) is 18.4 Å². The summed E-state index contributed by atoms with van der Waals surface area (Å²) in [6.07, 6.45) is 1.93. The Hall–Kier alpha value is -3.03. The van der Waals surface area contributed by atoms with Gasteiger partial charge in [-0.3, -0.25) is 9.69 Å². The summed E-state index contributed by atoms with van der Waals surface area (Å²) in [5.74, 6) is 0.714. The number of nitrogens with zero attached hydrogens (tertiary/aromatic N) is 2. The average Bonchev–Trinajstić information content (AvgIpc) is 3.12. The Balaban J connectivity index is 1.57. The molecule has 0 aromatic heterocycles. The lowest BCUT2D eigenvalue weighted by molar-refractivity contribution is -0.136. The summed E-state index contributed by atoms with van der Waals surface area (Å²) in [6.45, 7) is 3.48. The maximum Gasteiger partial charge on any atom is 0.338 e. The van der Waals surface area contributed by atoms with Crippen LogP contribution in [0.15, 0.2) is 35.5 Å². The number of amides is 3. The van der Waals surface area contributed by atoms with Crippen molar-refractivity contribution in [1.82, 2.24) is 15.1 Å². The monoisotopic (exact) mass is 399 g/mol. The van der Waals surface area contributed by atoms with Gasteiger partial charge < -0.3 is 19.7 Å². The van der Waals surface area contributed by atoms with Gasteiger partial charge in [-0.1, -0.05) is 19.1 Å². The fraction of sp³-hybridized carbons (Fsp3) is 0.476. The summed E-state index contributed by atoms with van der Waals surface area (Å²) in [6, 6.07) is 6.14. The molecule has 0 bridgehead atoms. The summed E-state index contributed by atoms with van der Waals surface area (Å²) < 4.78 is 10.4. The molecule has 3 amide bonds. The van der Waals surface area contributed by atoms with E-state index in [0.29, 0.717) is 36.0 Å². The number of likely N-dealkylation sites (tertiary alicyclic amines) is 1. The minimum atomic E-state index is -0.611. The number of esters is 1. The molecule has 0 spiro atoms. The topological polar surface area (TPSA) is 88.2 Å². The average molecular weight is 399 g/mol. The molecule has 29 heavy (non-hydrogen) atoms. The molecule has 4 rings (SSSR count). The van der Waals surface area contributed by atoms with Crippen LogP contribution in [0.5, 0.6) is 5.75 Å². The molecular weight excluding hydrogens is 374 g/mol. The van der Waals surface area contributed by atoms with Crippen molar-refractivity contribution < 1.29 is 23.9 Å². The lowest BCUT2D eigenvalue weighted by atomic mass is 9.95. The van der Waals surface area contributed by atoms with E-state index in [2.05, 4.69) is 12.2 Å². The first kappa shape index (κ1) is 19.3. The number of piperidine rings is 1. The molecule has 1 atom stereocenters. The van der Waals surface area contributed by atoms with Gasteiger partial charge in [0.15, 0.2) is 0 Å². The SMILES string of the molecule is COc1ccc([C@@H]2NC(=O)N(CC(=O)N3CCC(C)CC3)C3=C2C(=O)OC3)cc1. The van der Waals surface area contributed by atoms with Gasteiger partial charge in [-0.2, -0.15) is 0 Å². The number of methoxy groups -OCH3 is 1. The van der Waals surface area contributed by atoms with Crippen LogP contribution in [0, 0.1) is 5.92 Å². The molecule has 8 nitrogen and oxygen atoms in total. The third-order valence-corrected chi connectivity index (χ3v) is 5.88. The summed E-state index contributed by atoms with van der Waals surface area (Å²) in [5.41, 5.74) is 1.61. The predicted octanol–water partition coefficient (Wildman–Crippen LogP) is 1.83. The zero-order chi connectivity index (χ0) is 20.5. The van der Waals surface area contributed by atoms with Gasteiger partial charge in [0.05, 0.1) is 24.4 Å². The molecule has 0 unspecified atom stereocenters. The Morgan fingerprint density at radius 2 is 1.90 bits per heavy atom. The van der Waals surface area contributed by atoms with Crippen molar-refractivity contribution in [2.24, 2.45) is 5.92 Å². The second-order valence-electron chi connectivity index (χ2n) is 7.74. The van der Waals surface area contributed by atoms with Crippen molar-refractivity contribution in [3.63, 3.8) is 0 Å². The van der Waals surface area contributed by atoms with E-state index >= 15 is 0 Å². The maximum atomic E-state index is 12.8. The van der Waals surface area contributed by atoms with Crippen molar-refractivity contribution >= 4 is 17.9 Å². The van der Waals surface area contributed by atoms with E-state index in [9.17, 15) is 14.4 Å². The maximum absolute atomic E-state index is 12.8. The highest BCUT2D eigenvalue weighted by atomic mass is 16.5. The number of carbonyl (C=O) groups is 3. The van der Waals surface area contributed by atoms with Crippen molar-refractivity contribution in [1.29, 1.82) is 0 Å². The fourth-order valence-corrected chi connectivity index (χ4v) is 4.02. The van der Waals surface area contributed by atoms with Crippen LogP contribution in [0.4, 0.5) is 4.79 Å². The molecule has 0 saturated carbocycles. The normalized spacial score (nSPS) is 22.3. The number of urea groups is 1. The van der Waals surface area contributed by atoms with Gasteiger partial charge in [0.2, 0.25) is 5.91 Å². The van der Waals surface area contributed by atoms with Crippen molar-refractivity contribution in [2.45, 2.75) is 25.8 Å². The first-order valence-corrected chi connectivity index (χ1v) is 9.88. The van der Waals surface area contributed by atoms with Crippen LogP contribution in [0.1, 0.15) is 31.4 Å². The highest BCUT2D eigenvalue weighted by Crippen LogP contribution is 2.35. The number of rotatable bonds is 4. The third-order valence-electron chi connectivity index (χ3n) is 5.88. The number of cyclic esters (lactones) is 1. The highest BCUT2D eigenvalue weighted by molar-refractivity contribution is 5.98. The Kier molecular flexibility index (Phi) is 5.17. The minimum absolute atomic E-state index is 0.00143. The molecule has 0 radical (unpaired) electrons. The summed E-state index contributed by atoms with van der Waals surface area (Å²) in [5, 5.41) is 2.85. The van der Waals surface area contributed by atoms with Gasteiger partial charge >= 0.3 is 12.0 Å². The van der Waals surface area contributed by atoms with E-state index in [1.807, 2.05) is 0 Å². The van der Waals surface area contributed by atoms with E-state index < -0.39 is 18.0 Å². The van der Waals surface area contributed by atoms with Crippen LogP contribution in [0.2, 0.25) is 0 Å². The number of benzene rings is 1. The lowest BCUT2D eigenvalue weighted by Gasteiger charge is -2.35. The molecule has 3 aliphatic rings. The predicted molar refractivity (Wildman–Crippen MR) is 104 cm³/mol. The van der Waals surface area contributed by atoms with Crippen LogP contribution in [-0.4, -0.2) is 61.1 Å². The second kappa shape index (κ2) is 7.77. The number of hydrogen-bond acceptors (Lipinski definition) is 5. The van der Waals surface area contributed by atoms with Crippen LogP contribution >= 0.6 is 0 Å². The zero-order valence-electron chi connectivity index (χ0n) is 16.6. The van der Waals surface area contributed by atoms with E-state index in [-0.39, 0.29) is 19.1 Å². The first-order chi connectivity index (χ1) is 14.0. The van der Waals surface area contributed by atoms with E-state index in [4.69, 9.17) is 9.47 Å². The fourth-order valence-electron chi connectivity index (χ4n) is 4.02. The van der Waals surface area contributed by atoms with Gasteiger partial charge in [-0.05, 0) is 36.5 Å². The van der Waals surface area contributed by atoms with Crippen LogP contribution in [0.25, 0.3) is 0 Å². The van der Waals surface area contributed by atoms with E-state index in [1.54, 1.807) is 36.3 Å². The molecule has 0 aliphatic carbocycles.